The van der Waals surface area contributed by atoms with Crippen LogP contribution in [-0.4, -0.2) is 33.1 Å². The van der Waals surface area contributed by atoms with Crippen LogP contribution in [0.5, 0.6) is 5.75 Å². The second kappa shape index (κ2) is 12.4. The van der Waals surface area contributed by atoms with Gasteiger partial charge in [-0.25, -0.2) is 9.48 Å². The molecular formula is C30H35BrN4O3S. The van der Waals surface area contributed by atoms with Gasteiger partial charge >= 0.3 is 5.97 Å². The first-order valence-corrected chi connectivity index (χ1v) is 14.8. The van der Waals surface area contributed by atoms with Gasteiger partial charge in [0.1, 0.15) is 25.0 Å². The third-order valence-electron chi connectivity index (χ3n) is 6.30. The average molecular weight is 612 g/mol. The number of carbonyl (C=O) groups is 1. The number of halogens is 1. The number of hydrogen-bond acceptors (Lipinski definition) is 7. The first-order valence-electron chi connectivity index (χ1n) is 13.0. The molecule has 7 nitrogen and oxygen atoms in total. The maximum absolute atomic E-state index is 13.3. The molecule has 1 N–H and O–H groups in total. The van der Waals surface area contributed by atoms with E-state index in [1.807, 2.05) is 25.1 Å². The van der Waals surface area contributed by atoms with Crippen molar-refractivity contribution in [3.63, 3.8) is 0 Å². The lowest BCUT2D eigenvalue weighted by Gasteiger charge is -2.29. The summed E-state index contributed by atoms with van der Waals surface area (Å²) in [5, 5.41) is 8.69. The maximum Gasteiger partial charge on any atom is 0.338 e. The quantitative estimate of drug-likeness (QED) is 0.145. The van der Waals surface area contributed by atoms with E-state index < -0.39 is 12.0 Å². The Morgan fingerprint density at radius 1 is 1.23 bits per heavy atom. The Hall–Kier alpha value is -3.04. The van der Waals surface area contributed by atoms with Crippen LogP contribution in [0.15, 0.2) is 76.0 Å². The van der Waals surface area contributed by atoms with Crippen molar-refractivity contribution in [1.82, 2.24) is 14.8 Å². The van der Waals surface area contributed by atoms with Gasteiger partial charge in [-0.15, -0.1) is 5.10 Å². The van der Waals surface area contributed by atoms with Crippen molar-refractivity contribution in [3.8, 4) is 5.75 Å². The Morgan fingerprint density at radius 2 is 1.97 bits per heavy atom. The number of nitrogens with one attached hydrogen (secondary N) is 1. The number of nitrogens with zero attached hydrogens (tertiary/aromatic N) is 3. The summed E-state index contributed by atoms with van der Waals surface area (Å²) in [5.74, 6) is 1.67. The summed E-state index contributed by atoms with van der Waals surface area (Å²) in [6.07, 6.45) is 2.56. The molecule has 1 aliphatic rings. The number of thioether (sulfide) groups is 1. The lowest BCUT2D eigenvalue weighted by Crippen LogP contribution is -2.30. The summed E-state index contributed by atoms with van der Waals surface area (Å²) in [6, 6.07) is 13.7. The SMILES string of the molecule is C=CCOC(=O)C1=C(C)Nc2nc(SCCC)nn2C1c1cc(Br)ccc1OCc1ccc(C(C)(C)C)cc1. The minimum absolute atomic E-state index is 0.0812. The third kappa shape index (κ3) is 6.76. The van der Waals surface area contributed by atoms with Crippen molar-refractivity contribution in [2.45, 2.75) is 64.3 Å². The molecule has 1 atom stereocenters. The minimum Gasteiger partial charge on any atom is -0.489 e. The molecule has 2 aromatic carbocycles. The van der Waals surface area contributed by atoms with Crippen LogP contribution in [0.3, 0.4) is 0 Å². The summed E-state index contributed by atoms with van der Waals surface area (Å²) in [6.45, 7) is 14.7. The van der Waals surface area contributed by atoms with Crippen LogP contribution in [-0.2, 0) is 21.6 Å². The van der Waals surface area contributed by atoms with Crippen molar-refractivity contribution >= 4 is 39.6 Å². The maximum atomic E-state index is 13.3. The normalized spacial score (nSPS) is 15.0. The van der Waals surface area contributed by atoms with Gasteiger partial charge in [-0.1, -0.05) is 92.3 Å². The lowest BCUT2D eigenvalue weighted by atomic mass is 9.87. The zero-order valence-corrected chi connectivity index (χ0v) is 25.5. The number of aromatic nitrogens is 3. The van der Waals surface area contributed by atoms with Gasteiger partial charge in [0.15, 0.2) is 0 Å². The molecule has 206 valence electrons. The predicted molar refractivity (Wildman–Crippen MR) is 160 cm³/mol. The van der Waals surface area contributed by atoms with Crippen LogP contribution >= 0.6 is 27.7 Å². The highest BCUT2D eigenvalue weighted by Gasteiger charge is 2.37. The molecule has 0 saturated heterocycles. The smallest absolute Gasteiger partial charge is 0.338 e. The van der Waals surface area contributed by atoms with Crippen LogP contribution in [0.4, 0.5) is 5.95 Å². The summed E-state index contributed by atoms with van der Waals surface area (Å²) < 4.78 is 14.5. The molecule has 0 radical (unpaired) electrons. The molecule has 0 aliphatic carbocycles. The summed E-state index contributed by atoms with van der Waals surface area (Å²) >= 11 is 5.19. The van der Waals surface area contributed by atoms with Crippen LogP contribution in [0.2, 0.25) is 0 Å². The standard InChI is InChI=1S/C30H35BrN4O3S/c1-7-15-37-27(36)25-19(3)32-28-33-29(39-16-8-2)34-35(28)26(25)23-17-22(31)13-14-24(23)38-18-20-9-11-21(12-10-20)30(4,5)6/h7,9-14,17,26H,1,8,15-16,18H2,2-6H3,(H,32,33,34). The Kier molecular flexibility index (Phi) is 9.23. The molecule has 0 spiro atoms. The van der Waals surface area contributed by atoms with Crippen LogP contribution in [0.1, 0.15) is 63.8 Å². The van der Waals surface area contributed by atoms with E-state index in [1.165, 1.54) is 5.56 Å². The van der Waals surface area contributed by atoms with Crippen LogP contribution in [0, 0.1) is 0 Å². The number of ether oxygens (including phenoxy) is 2. The lowest BCUT2D eigenvalue weighted by molar-refractivity contribution is -0.138. The number of anilines is 1. The van der Waals surface area contributed by atoms with E-state index >= 15 is 0 Å². The number of rotatable bonds is 10. The zero-order valence-electron chi connectivity index (χ0n) is 23.1. The molecule has 9 heteroatoms. The molecule has 1 unspecified atom stereocenters. The van der Waals surface area contributed by atoms with E-state index in [2.05, 4.69) is 79.8 Å². The van der Waals surface area contributed by atoms with E-state index in [1.54, 1.807) is 22.5 Å². The van der Waals surface area contributed by atoms with E-state index in [4.69, 9.17) is 19.6 Å². The van der Waals surface area contributed by atoms with Gasteiger partial charge < -0.3 is 14.8 Å². The Morgan fingerprint density at radius 3 is 2.64 bits per heavy atom. The average Bonchev–Trinajstić information content (AvgIpc) is 3.31. The van der Waals surface area contributed by atoms with E-state index in [-0.39, 0.29) is 12.0 Å². The molecule has 39 heavy (non-hydrogen) atoms. The van der Waals surface area contributed by atoms with Crippen LogP contribution < -0.4 is 10.1 Å². The number of allylic oxidation sites excluding steroid dienone is 1. The Balaban J connectivity index is 1.74. The van der Waals surface area contributed by atoms with Gasteiger partial charge in [0.05, 0.1) is 5.57 Å². The van der Waals surface area contributed by atoms with Crippen molar-refractivity contribution < 1.29 is 14.3 Å². The fourth-order valence-electron chi connectivity index (χ4n) is 4.28. The van der Waals surface area contributed by atoms with Gasteiger partial charge in [-0.3, -0.25) is 0 Å². The number of esters is 1. The monoisotopic (exact) mass is 610 g/mol. The number of fused-ring (bicyclic) bond motifs is 1. The van der Waals surface area contributed by atoms with E-state index in [0.29, 0.717) is 34.7 Å². The van der Waals surface area contributed by atoms with Gasteiger partial charge in [0, 0.05) is 21.5 Å². The summed E-state index contributed by atoms with van der Waals surface area (Å²) in [7, 11) is 0. The van der Waals surface area contributed by atoms with E-state index in [0.717, 1.165) is 27.8 Å². The van der Waals surface area contributed by atoms with Crippen molar-refractivity contribution in [2.24, 2.45) is 0 Å². The minimum atomic E-state index is -0.599. The Labute approximate surface area is 243 Å². The summed E-state index contributed by atoms with van der Waals surface area (Å²) in [5.41, 5.74) is 4.28. The summed E-state index contributed by atoms with van der Waals surface area (Å²) in [4.78, 5) is 18.0. The molecule has 0 bridgehead atoms. The number of carbonyl (C=O) groups excluding carboxylic acids is 1. The topological polar surface area (TPSA) is 78.3 Å². The number of hydrogen-bond donors (Lipinski definition) is 1. The first kappa shape index (κ1) is 29.0. The fraction of sp³-hybridized carbons (Fsp3) is 0.367. The van der Waals surface area contributed by atoms with Gasteiger partial charge in [-0.05, 0) is 48.1 Å². The molecular weight excluding hydrogens is 576 g/mol. The second-order valence-electron chi connectivity index (χ2n) is 10.4. The molecule has 1 aliphatic heterocycles. The molecule has 3 aromatic rings. The zero-order chi connectivity index (χ0) is 28.2. The van der Waals surface area contributed by atoms with Gasteiger partial charge in [-0.2, -0.15) is 4.98 Å². The largest absolute Gasteiger partial charge is 0.489 e. The molecule has 1 aromatic heterocycles. The van der Waals surface area contributed by atoms with Crippen molar-refractivity contribution in [3.05, 3.63) is 87.6 Å². The van der Waals surface area contributed by atoms with Crippen molar-refractivity contribution in [2.75, 3.05) is 17.7 Å². The second-order valence-corrected chi connectivity index (χ2v) is 12.4. The molecule has 0 fully saturated rings. The highest BCUT2D eigenvalue weighted by Crippen LogP contribution is 2.41. The van der Waals surface area contributed by atoms with E-state index in [9.17, 15) is 4.79 Å². The van der Waals surface area contributed by atoms with Crippen LogP contribution in [0.25, 0.3) is 0 Å². The highest BCUT2D eigenvalue weighted by atomic mass is 79.9. The molecule has 2 heterocycles. The highest BCUT2D eigenvalue weighted by molar-refractivity contribution is 9.10. The van der Waals surface area contributed by atoms with Gasteiger partial charge in [0.2, 0.25) is 11.1 Å². The molecule has 0 saturated carbocycles. The third-order valence-corrected chi connectivity index (χ3v) is 7.84. The van der Waals surface area contributed by atoms with Gasteiger partial charge in [0.25, 0.3) is 0 Å². The molecule has 4 rings (SSSR count). The number of benzene rings is 2. The van der Waals surface area contributed by atoms with Crippen molar-refractivity contribution in [1.29, 1.82) is 0 Å². The first-order chi connectivity index (χ1) is 18.6. The predicted octanol–water partition coefficient (Wildman–Crippen LogP) is 7.44. The molecule has 0 amide bonds. The Bertz CT molecular complexity index is 1380. The fourth-order valence-corrected chi connectivity index (χ4v) is 5.34.